The van der Waals surface area contributed by atoms with Crippen LogP contribution in [-0.2, 0) is 14.2 Å². The summed E-state index contributed by atoms with van der Waals surface area (Å²) >= 11 is 0. The number of ether oxygens (including phenoxy) is 3. The molecule has 2 heterocycles. The molecule has 0 saturated carbocycles. The smallest absolute Gasteiger partial charge is 0.187 e. The Morgan fingerprint density at radius 2 is 1.26 bits per heavy atom. The van der Waals surface area contributed by atoms with Gasteiger partial charge in [0, 0.05) is 0 Å². The molecular weight excluding hydrogens is 320 g/mol. The molecule has 11 nitrogen and oxygen atoms in total. The van der Waals surface area contributed by atoms with E-state index >= 15 is 0 Å². The summed E-state index contributed by atoms with van der Waals surface area (Å²) in [6.07, 6.45) is -15.6. The van der Waals surface area contributed by atoms with Crippen molar-refractivity contribution < 1.29 is 55.1 Å². The fourth-order valence-corrected chi connectivity index (χ4v) is 2.57. The van der Waals surface area contributed by atoms with Gasteiger partial charge in [0.25, 0.3) is 0 Å². The van der Waals surface area contributed by atoms with Crippen LogP contribution >= 0.6 is 0 Å². The highest BCUT2D eigenvalue weighted by Gasteiger charge is 2.50. The van der Waals surface area contributed by atoms with Crippen molar-refractivity contribution in [3.63, 3.8) is 0 Å². The van der Waals surface area contributed by atoms with Crippen molar-refractivity contribution in [1.82, 2.24) is 0 Å². The molecule has 2 aliphatic rings. The first-order valence-electron chi connectivity index (χ1n) is 7.08. The van der Waals surface area contributed by atoms with Crippen LogP contribution in [0.15, 0.2) is 0 Å². The van der Waals surface area contributed by atoms with E-state index in [1.807, 2.05) is 0 Å². The topological polar surface area (TPSA) is 190 Å². The minimum absolute atomic E-state index is 0.667. The summed E-state index contributed by atoms with van der Waals surface area (Å²) in [5, 5.41) is 76.5. The fraction of sp³-hybridized carbons (Fsp3) is 1.00. The third kappa shape index (κ3) is 3.65. The summed E-state index contributed by atoms with van der Waals surface area (Å²) in [6, 6.07) is 0. The molecule has 5 unspecified atom stereocenters. The van der Waals surface area contributed by atoms with Crippen LogP contribution in [0.25, 0.3) is 0 Å². The maximum atomic E-state index is 9.94. The molecule has 2 rings (SSSR count). The van der Waals surface area contributed by atoms with Gasteiger partial charge in [-0.3, -0.25) is 0 Å². The van der Waals surface area contributed by atoms with Gasteiger partial charge < -0.3 is 55.1 Å². The number of hydrogen-bond donors (Lipinski definition) is 8. The van der Waals surface area contributed by atoms with Crippen molar-refractivity contribution in [1.29, 1.82) is 0 Å². The lowest BCUT2D eigenvalue weighted by Crippen LogP contribution is -2.64. The van der Waals surface area contributed by atoms with Gasteiger partial charge in [0.15, 0.2) is 12.6 Å². The molecular formula is C12H22O11. The van der Waals surface area contributed by atoms with Crippen LogP contribution < -0.4 is 0 Å². The highest BCUT2D eigenvalue weighted by atomic mass is 16.7. The number of aliphatic hydroxyl groups excluding tert-OH is 8. The summed E-state index contributed by atoms with van der Waals surface area (Å²) in [5.41, 5.74) is 0. The predicted octanol–water partition coefficient (Wildman–Crippen LogP) is -5.40. The molecule has 0 aliphatic carbocycles. The number of aliphatic hydroxyl groups is 8. The lowest BCUT2D eigenvalue weighted by molar-refractivity contribution is -0.355. The van der Waals surface area contributed by atoms with E-state index in [2.05, 4.69) is 0 Å². The van der Waals surface area contributed by atoms with E-state index in [4.69, 9.17) is 19.3 Å². The Morgan fingerprint density at radius 1 is 0.652 bits per heavy atom. The summed E-state index contributed by atoms with van der Waals surface area (Å²) in [4.78, 5) is 0. The first-order valence-corrected chi connectivity index (χ1v) is 7.08. The van der Waals surface area contributed by atoms with E-state index in [0.717, 1.165) is 0 Å². The van der Waals surface area contributed by atoms with Crippen molar-refractivity contribution in [3.05, 3.63) is 0 Å². The van der Waals surface area contributed by atoms with Gasteiger partial charge in [0.05, 0.1) is 13.2 Å². The molecule has 10 atom stereocenters. The number of rotatable bonds is 4. The first kappa shape index (κ1) is 18.9. The normalized spacial score (nSPS) is 51.7. The van der Waals surface area contributed by atoms with Crippen LogP contribution in [0.4, 0.5) is 0 Å². The summed E-state index contributed by atoms with van der Waals surface area (Å²) < 4.78 is 15.3. The Bertz CT molecular complexity index is 378. The van der Waals surface area contributed by atoms with Gasteiger partial charge >= 0.3 is 0 Å². The highest BCUT2D eigenvalue weighted by molar-refractivity contribution is 4.93. The van der Waals surface area contributed by atoms with Crippen molar-refractivity contribution in [3.8, 4) is 0 Å². The summed E-state index contributed by atoms with van der Waals surface area (Å²) in [5.74, 6) is 0. The van der Waals surface area contributed by atoms with Gasteiger partial charge in [-0.1, -0.05) is 0 Å². The minimum atomic E-state index is -1.74. The third-order valence-electron chi connectivity index (χ3n) is 3.98. The Morgan fingerprint density at radius 3 is 1.83 bits per heavy atom. The van der Waals surface area contributed by atoms with E-state index in [1.54, 1.807) is 0 Å². The Labute approximate surface area is 130 Å². The zero-order chi connectivity index (χ0) is 17.3. The van der Waals surface area contributed by atoms with E-state index in [9.17, 15) is 35.7 Å². The predicted molar refractivity (Wildman–Crippen MR) is 68.6 cm³/mol. The van der Waals surface area contributed by atoms with Crippen LogP contribution in [-0.4, -0.2) is 115 Å². The van der Waals surface area contributed by atoms with E-state index < -0.39 is 74.6 Å². The third-order valence-corrected chi connectivity index (χ3v) is 3.98. The molecule has 0 aromatic heterocycles. The van der Waals surface area contributed by atoms with Crippen molar-refractivity contribution in [2.45, 2.75) is 61.4 Å². The molecule has 0 aromatic carbocycles. The first-order chi connectivity index (χ1) is 10.8. The molecule has 2 saturated heterocycles. The molecule has 0 aromatic rings. The molecule has 0 bridgehead atoms. The summed E-state index contributed by atoms with van der Waals surface area (Å²) in [7, 11) is 0. The van der Waals surface area contributed by atoms with E-state index in [0.29, 0.717) is 0 Å². The largest absolute Gasteiger partial charge is 0.394 e. The zero-order valence-electron chi connectivity index (χ0n) is 12.0. The standard InChI is InChI=1S/C12H22O11/c13-1-3-5(15)6(16)9(19)12(22-3)23-10-4(2-14)21-11(20)8(18)7(10)17/h3-20H,1-2H2/t3?,4?,5-,6+,7-,8?,9?,10-,11?,12+/m1/s1. The molecule has 23 heavy (non-hydrogen) atoms. The lowest BCUT2D eigenvalue weighted by atomic mass is 9.97. The molecule has 11 heteroatoms. The van der Waals surface area contributed by atoms with Gasteiger partial charge in [-0.05, 0) is 0 Å². The Hall–Kier alpha value is -0.440. The lowest BCUT2D eigenvalue weighted by Gasteiger charge is -2.45. The van der Waals surface area contributed by atoms with Crippen molar-refractivity contribution in [2.24, 2.45) is 0 Å². The monoisotopic (exact) mass is 342 g/mol. The van der Waals surface area contributed by atoms with Crippen LogP contribution in [0.2, 0.25) is 0 Å². The molecule has 8 N–H and O–H groups in total. The van der Waals surface area contributed by atoms with Gasteiger partial charge in [0.1, 0.15) is 48.8 Å². The quantitative estimate of drug-likeness (QED) is 0.243. The Kier molecular flexibility index (Phi) is 6.27. The second kappa shape index (κ2) is 7.63. The summed E-state index contributed by atoms with van der Waals surface area (Å²) in [6.45, 7) is -1.35. The molecule has 2 aliphatic heterocycles. The van der Waals surface area contributed by atoms with E-state index in [1.165, 1.54) is 0 Å². The number of hydrogen-bond acceptors (Lipinski definition) is 11. The highest BCUT2D eigenvalue weighted by Crippen LogP contribution is 2.28. The van der Waals surface area contributed by atoms with Gasteiger partial charge in [0.2, 0.25) is 0 Å². The fourth-order valence-electron chi connectivity index (χ4n) is 2.57. The maximum Gasteiger partial charge on any atom is 0.187 e. The second-order valence-corrected chi connectivity index (χ2v) is 5.53. The van der Waals surface area contributed by atoms with Crippen LogP contribution in [0.1, 0.15) is 0 Å². The zero-order valence-corrected chi connectivity index (χ0v) is 12.0. The van der Waals surface area contributed by atoms with Crippen LogP contribution in [0.3, 0.4) is 0 Å². The van der Waals surface area contributed by atoms with Crippen molar-refractivity contribution in [2.75, 3.05) is 13.2 Å². The molecule has 0 amide bonds. The van der Waals surface area contributed by atoms with Crippen molar-refractivity contribution >= 4 is 0 Å². The molecule has 136 valence electrons. The van der Waals surface area contributed by atoms with E-state index in [-0.39, 0.29) is 0 Å². The molecule has 2 fully saturated rings. The average molecular weight is 342 g/mol. The molecule has 0 spiro atoms. The van der Waals surface area contributed by atoms with Gasteiger partial charge in [-0.2, -0.15) is 0 Å². The SMILES string of the molecule is OCC1O[C@@H](O[C@@H]2C(CO)OC(O)C(O)[C@H]2O)C(O)[C@@H](O)[C@@H]1O. The maximum absolute atomic E-state index is 9.94. The van der Waals surface area contributed by atoms with Gasteiger partial charge in [-0.15, -0.1) is 0 Å². The second-order valence-electron chi connectivity index (χ2n) is 5.53. The van der Waals surface area contributed by atoms with Crippen LogP contribution in [0.5, 0.6) is 0 Å². The minimum Gasteiger partial charge on any atom is -0.394 e. The Balaban J connectivity index is 2.11. The van der Waals surface area contributed by atoms with Gasteiger partial charge in [-0.25, -0.2) is 0 Å². The van der Waals surface area contributed by atoms with Crippen LogP contribution in [0, 0.1) is 0 Å². The average Bonchev–Trinajstić information content (AvgIpc) is 2.55. The molecule has 0 radical (unpaired) electrons.